The van der Waals surface area contributed by atoms with Crippen molar-refractivity contribution in [3.63, 3.8) is 0 Å². The van der Waals surface area contributed by atoms with Gasteiger partial charge in [-0.15, -0.1) is 0 Å². The second kappa shape index (κ2) is 7.90. The summed E-state index contributed by atoms with van der Waals surface area (Å²) < 4.78 is 10.7. The maximum atomic E-state index is 13.1. The molecule has 1 aromatic rings. The average Bonchev–Trinajstić information content (AvgIpc) is 3.29. The molecule has 3 rings (SSSR count). The van der Waals surface area contributed by atoms with Gasteiger partial charge in [0.25, 0.3) is 11.6 Å². The summed E-state index contributed by atoms with van der Waals surface area (Å²) in [7, 11) is 0. The average molecular weight is 364 g/mol. The molecule has 142 valence electrons. The number of carbonyl (C=O) groups is 1. The SMILES string of the molecule is CC[NH+](CC)[C@@H](C(=O)NC1CCCC1)c1cc2c(cc1[N+](=O)[O-])OCO2. The fourth-order valence-corrected chi connectivity index (χ4v) is 3.90. The number of nitro groups is 1. The second-order valence-electron chi connectivity index (χ2n) is 6.81. The normalized spacial score (nSPS) is 17.5. The molecule has 1 heterocycles. The monoisotopic (exact) mass is 364 g/mol. The number of quaternary nitrogens is 1. The van der Waals surface area contributed by atoms with Crippen molar-refractivity contribution in [3.05, 3.63) is 27.8 Å². The topological polar surface area (TPSA) is 95.1 Å². The van der Waals surface area contributed by atoms with Gasteiger partial charge in [-0.3, -0.25) is 14.9 Å². The van der Waals surface area contributed by atoms with Crippen LogP contribution >= 0.6 is 0 Å². The Morgan fingerprint density at radius 1 is 1.27 bits per heavy atom. The van der Waals surface area contributed by atoms with Crippen LogP contribution in [0.2, 0.25) is 0 Å². The van der Waals surface area contributed by atoms with Gasteiger partial charge in [-0.25, -0.2) is 0 Å². The third-order valence-electron chi connectivity index (χ3n) is 5.31. The van der Waals surface area contributed by atoms with Gasteiger partial charge >= 0.3 is 0 Å². The number of carbonyl (C=O) groups excluding carboxylic acids is 1. The zero-order chi connectivity index (χ0) is 18.7. The second-order valence-corrected chi connectivity index (χ2v) is 6.81. The molecule has 1 fully saturated rings. The van der Waals surface area contributed by atoms with Gasteiger partial charge in [0.2, 0.25) is 6.79 Å². The smallest absolute Gasteiger partial charge is 0.283 e. The first-order valence-electron chi connectivity index (χ1n) is 9.28. The van der Waals surface area contributed by atoms with E-state index in [1.165, 1.54) is 6.07 Å². The number of nitro benzene ring substituents is 1. The molecule has 0 spiro atoms. The largest absolute Gasteiger partial charge is 0.454 e. The van der Waals surface area contributed by atoms with E-state index >= 15 is 0 Å². The standard InChI is InChI=1S/C18H25N3O5/c1-3-20(4-2)17(18(22)19-12-7-5-6-8-12)13-9-15-16(26-11-25-15)10-14(13)21(23)24/h9-10,12,17H,3-8,11H2,1-2H3,(H,19,22)/p+1/t17-/m1/s1. The Morgan fingerprint density at radius 2 is 1.88 bits per heavy atom. The van der Waals surface area contributed by atoms with E-state index in [9.17, 15) is 14.9 Å². The minimum absolute atomic E-state index is 0.0347. The molecule has 0 radical (unpaired) electrons. The fraction of sp³-hybridized carbons (Fsp3) is 0.611. The first-order valence-corrected chi connectivity index (χ1v) is 9.28. The maximum Gasteiger partial charge on any atom is 0.283 e. The third-order valence-corrected chi connectivity index (χ3v) is 5.31. The number of rotatable bonds is 7. The number of nitrogens with one attached hydrogen (secondary N) is 2. The fourth-order valence-electron chi connectivity index (χ4n) is 3.90. The van der Waals surface area contributed by atoms with Gasteiger partial charge < -0.3 is 19.7 Å². The molecule has 1 atom stereocenters. The molecule has 2 N–H and O–H groups in total. The molecule has 0 aromatic heterocycles. The summed E-state index contributed by atoms with van der Waals surface area (Å²) in [6.07, 6.45) is 4.15. The molecule has 26 heavy (non-hydrogen) atoms. The van der Waals surface area contributed by atoms with E-state index in [1.807, 2.05) is 13.8 Å². The summed E-state index contributed by atoms with van der Waals surface area (Å²) >= 11 is 0. The molecule has 8 nitrogen and oxygen atoms in total. The number of benzene rings is 1. The van der Waals surface area contributed by atoms with E-state index in [4.69, 9.17) is 9.47 Å². The van der Waals surface area contributed by atoms with Crippen molar-refractivity contribution in [1.29, 1.82) is 0 Å². The van der Waals surface area contributed by atoms with Crippen LogP contribution in [-0.4, -0.2) is 36.8 Å². The molecule has 0 unspecified atom stereocenters. The van der Waals surface area contributed by atoms with E-state index in [0.717, 1.165) is 30.6 Å². The molecule has 2 aliphatic rings. The lowest BCUT2D eigenvalue weighted by atomic mass is 10.0. The Bertz CT molecular complexity index is 684. The predicted molar refractivity (Wildman–Crippen MR) is 94.4 cm³/mol. The Morgan fingerprint density at radius 3 is 2.46 bits per heavy atom. The minimum Gasteiger partial charge on any atom is -0.454 e. The van der Waals surface area contributed by atoms with Crippen LogP contribution in [0.5, 0.6) is 11.5 Å². The molecule has 1 saturated carbocycles. The molecule has 1 aromatic carbocycles. The Kier molecular flexibility index (Phi) is 5.61. The lowest BCUT2D eigenvalue weighted by Gasteiger charge is -2.27. The van der Waals surface area contributed by atoms with Crippen LogP contribution in [-0.2, 0) is 4.79 Å². The summed E-state index contributed by atoms with van der Waals surface area (Å²) in [5.41, 5.74) is 0.286. The number of hydrogen-bond donors (Lipinski definition) is 2. The van der Waals surface area contributed by atoms with Gasteiger partial charge in [-0.05, 0) is 26.7 Å². The van der Waals surface area contributed by atoms with E-state index in [2.05, 4.69) is 5.32 Å². The van der Waals surface area contributed by atoms with Crippen LogP contribution in [0, 0.1) is 10.1 Å². The van der Waals surface area contributed by atoms with Crippen LogP contribution in [0.25, 0.3) is 0 Å². The highest BCUT2D eigenvalue weighted by molar-refractivity contribution is 5.84. The number of ether oxygens (including phenoxy) is 2. The van der Waals surface area contributed by atoms with E-state index in [1.54, 1.807) is 6.07 Å². The Balaban J connectivity index is 2.00. The quantitative estimate of drug-likeness (QED) is 0.562. The number of likely N-dealkylation sites (N-methyl/N-ethyl adjacent to an activating group) is 1. The molecule has 1 aliphatic carbocycles. The van der Waals surface area contributed by atoms with Gasteiger partial charge in [0.1, 0.15) is 5.56 Å². The van der Waals surface area contributed by atoms with Gasteiger partial charge in [-0.1, -0.05) is 12.8 Å². The van der Waals surface area contributed by atoms with Crippen molar-refractivity contribution in [2.24, 2.45) is 0 Å². The first-order chi connectivity index (χ1) is 12.5. The van der Waals surface area contributed by atoms with Crippen LogP contribution < -0.4 is 19.7 Å². The van der Waals surface area contributed by atoms with Crippen molar-refractivity contribution in [3.8, 4) is 11.5 Å². The molecule has 1 aliphatic heterocycles. The number of amides is 1. The number of nitrogens with zero attached hydrogens (tertiary/aromatic N) is 1. The molecule has 1 amide bonds. The van der Waals surface area contributed by atoms with Crippen LogP contribution in [0.15, 0.2) is 12.1 Å². The van der Waals surface area contributed by atoms with E-state index in [0.29, 0.717) is 30.2 Å². The third kappa shape index (κ3) is 3.60. The highest BCUT2D eigenvalue weighted by Crippen LogP contribution is 2.39. The van der Waals surface area contributed by atoms with E-state index in [-0.39, 0.29) is 24.4 Å². The van der Waals surface area contributed by atoms with Crippen molar-refractivity contribution in [2.45, 2.75) is 51.6 Å². The molecule has 0 saturated heterocycles. The van der Waals surface area contributed by atoms with Crippen molar-refractivity contribution in [2.75, 3.05) is 19.9 Å². The first kappa shape index (κ1) is 18.4. The summed E-state index contributed by atoms with van der Waals surface area (Å²) in [6, 6.07) is 2.48. The summed E-state index contributed by atoms with van der Waals surface area (Å²) in [5, 5.41) is 14.8. The summed E-state index contributed by atoms with van der Waals surface area (Å²) in [4.78, 5) is 25.3. The van der Waals surface area contributed by atoms with Gasteiger partial charge in [0.15, 0.2) is 17.5 Å². The van der Waals surface area contributed by atoms with E-state index < -0.39 is 11.0 Å². The number of fused-ring (bicyclic) bond motifs is 1. The van der Waals surface area contributed by atoms with Crippen LogP contribution in [0.3, 0.4) is 0 Å². The predicted octanol–water partition coefficient (Wildman–Crippen LogP) is 1.35. The lowest BCUT2D eigenvalue weighted by Crippen LogP contribution is -3.13. The summed E-state index contributed by atoms with van der Waals surface area (Å²) in [6.45, 7) is 5.36. The van der Waals surface area contributed by atoms with Gasteiger partial charge in [-0.2, -0.15) is 0 Å². The lowest BCUT2D eigenvalue weighted by molar-refractivity contribution is -0.918. The minimum atomic E-state index is -0.652. The highest BCUT2D eigenvalue weighted by atomic mass is 16.7. The molecular weight excluding hydrogens is 338 g/mol. The van der Waals surface area contributed by atoms with Crippen molar-refractivity contribution < 1.29 is 24.1 Å². The van der Waals surface area contributed by atoms with Crippen molar-refractivity contribution in [1.82, 2.24) is 5.32 Å². The molecule has 8 heteroatoms. The van der Waals surface area contributed by atoms with Crippen LogP contribution in [0.1, 0.15) is 51.1 Å². The highest BCUT2D eigenvalue weighted by Gasteiger charge is 2.38. The Labute approximate surface area is 152 Å². The van der Waals surface area contributed by atoms with Crippen molar-refractivity contribution >= 4 is 11.6 Å². The zero-order valence-electron chi connectivity index (χ0n) is 15.2. The summed E-state index contributed by atoms with van der Waals surface area (Å²) in [5.74, 6) is 0.651. The maximum absolute atomic E-state index is 13.1. The molecular formula is C18H26N3O5+. The zero-order valence-corrected chi connectivity index (χ0v) is 15.2. The molecule has 0 bridgehead atoms. The van der Waals surface area contributed by atoms with Gasteiger partial charge in [0.05, 0.1) is 24.1 Å². The number of hydrogen-bond acceptors (Lipinski definition) is 5. The van der Waals surface area contributed by atoms with Crippen LogP contribution in [0.4, 0.5) is 5.69 Å². The van der Waals surface area contributed by atoms with Gasteiger partial charge in [0, 0.05) is 12.1 Å². The Hall–Kier alpha value is -2.35.